The molecular weight excluding hydrogens is 202 g/mol. The van der Waals surface area contributed by atoms with Gasteiger partial charge in [0.2, 0.25) is 0 Å². The molecule has 82 valence electrons. The van der Waals surface area contributed by atoms with Crippen molar-refractivity contribution in [2.45, 2.75) is 25.3 Å². The van der Waals surface area contributed by atoms with Gasteiger partial charge in [0.05, 0.1) is 0 Å². The van der Waals surface area contributed by atoms with E-state index in [4.69, 9.17) is 16.6 Å². The van der Waals surface area contributed by atoms with Crippen molar-refractivity contribution >= 4 is 22.9 Å². The molecule has 14 heavy (non-hydrogen) atoms. The Morgan fingerprint density at radius 1 is 1.57 bits per heavy atom. The van der Waals surface area contributed by atoms with E-state index in [1.807, 2.05) is 6.26 Å². The lowest BCUT2D eigenvalue weighted by molar-refractivity contribution is -0.138. The molecule has 1 unspecified atom stereocenters. The first-order chi connectivity index (χ1) is 6.57. The van der Waals surface area contributed by atoms with Gasteiger partial charge in [0, 0.05) is 6.54 Å². The van der Waals surface area contributed by atoms with E-state index in [0.29, 0.717) is 18.1 Å². The molecule has 0 fully saturated rings. The van der Waals surface area contributed by atoms with Gasteiger partial charge in [-0.15, -0.1) is 0 Å². The molecule has 5 N–H and O–H groups in total. The summed E-state index contributed by atoms with van der Waals surface area (Å²) < 4.78 is 0. The third kappa shape index (κ3) is 6.73. The number of amidine groups is 1. The number of nitrogens with two attached hydrogens (primary N) is 2. The Kier molecular flexibility index (Phi) is 7.23. The zero-order chi connectivity index (χ0) is 11.0. The van der Waals surface area contributed by atoms with Crippen LogP contribution in [0, 0.1) is 0 Å². The molecule has 0 spiro atoms. The second kappa shape index (κ2) is 7.64. The van der Waals surface area contributed by atoms with Crippen LogP contribution in [0.1, 0.15) is 19.3 Å². The van der Waals surface area contributed by atoms with E-state index in [2.05, 4.69) is 4.99 Å². The average Bonchev–Trinajstić information content (AvgIpc) is 2.16. The summed E-state index contributed by atoms with van der Waals surface area (Å²) in [6, 6.07) is -0.753. The molecular formula is C8H17N3O2S. The van der Waals surface area contributed by atoms with E-state index in [0.717, 1.165) is 12.8 Å². The number of unbranched alkanes of at least 4 members (excludes halogenated alkanes) is 1. The van der Waals surface area contributed by atoms with Crippen molar-refractivity contribution in [3.05, 3.63) is 0 Å². The molecule has 0 aromatic heterocycles. The topological polar surface area (TPSA) is 102 Å². The van der Waals surface area contributed by atoms with E-state index in [-0.39, 0.29) is 0 Å². The number of aliphatic carboxylic acids is 1. The first-order valence-electron chi connectivity index (χ1n) is 4.40. The van der Waals surface area contributed by atoms with E-state index in [1.54, 1.807) is 0 Å². The minimum Gasteiger partial charge on any atom is -0.480 e. The molecule has 0 saturated carbocycles. The first-order valence-corrected chi connectivity index (χ1v) is 5.62. The molecule has 0 bridgehead atoms. The Morgan fingerprint density at radius 3 is 2.71 bits per heavy atom. The number of aliphatic imine (C=N–C) groups is 1. The van der Waals surface area contributed by atoms with Gasteiger partial charge in [-0.05, 0) is 25.5 Å². The molecule has 0 aliphatic carbocycles. The van der Waals surface area contributed by atoms with E-state index in [1.165, 1.54) is 11.8 Å². The maximum atomic E-state index is 10.3. The van der Waals surface area contributed by atoms with Crippen molar-refractivity contribution in [1.29, 1.82) is 0 Å². The van der Waals surface area contributed by atoms with Gasteiger partial charge < -0.3 is 16.6 Å². The molecule has 0 saturated heterocycles. The van der Waals surface area contributed by atoms with Crippen LogP contribution in [0.15, 0.2) is 4.99 Å². The minimum absolute atomic E-state index is 0.490. The van der Waals surface area contributed by atoms with Crippen LogP contribution in [0.5, 0.6) is 0 Å². The molecule has 0 aliphatic heterocycles. The zero-order valence-corrected chi connectivity index (χ0v) is 9.09. The first kappa shape index (κ1) is 13.2. The highest BCUT2D eigenvalue weighted by atomic mass is 32.2. The van der Waals surface area contributed by atoms with Crippen molar-refractivity contribution in [3.63, 3.8) is 0 Å². The summed E-state index contributed by atoms with van der Waals surface area (Å²) >= 11 is 1.40. The predicted octanol–water partition coefficient (Wildman–Crippen LogP) is 0.246. The van der Waals surface area contributed by atoms with Gasteiger partial charge in [-0.2, -0.15) is 0 Å². The normalized spacial score (nSPS) is 14.0. The number of carboxylic acids is 1. The quantitative estimate of drug-likeness (QED) is 0.337. The van der Waals surface area contributed by atoms with Crippen molar-refractivity contribution in [2.24, 2.45) is 16.5 Å². The number of hydrogen-bond donors (Lipinski definition) is 3. The maximum Gasteiger partial charge on any atom is 0.320 e. The van der Waals surface area contributed by atoms with Gasteiger partial charge in [0.15, 0.2) is 5.17 Å². The minimum atomic E-state index is -0.947. The van der Waals surface area contributed by atoms with Gasteiger partial charge in [0.1, 0.15) is 6.04 Å². The SMILES string of the molecule is CSC(N)=NCCCCC(N)C(=O)O. The van der Waals surface area contributed by atoms with Gasteiger partial charge >= 0.3 is 5.97 Å². The fraction of sp³-hybridized carbons (Fsp3) is 0.750. The Bertz CT molecular complexity index is 209. The molecule has 0 rings (SSSR count). The van der Waals surface area contributed by atoms with Gasteiger partial charge in [-0.1, -0.05) is 11.8 Å². The Labute approximate surface area is 87.9 Å². The second-order valence-corrected chi connectivity index (χ2v) is 3.69. The molecule has 0 aliphatic rings. The van der Waals surface area contributed by atoms with Crippen LogP contribution in [0.4, 0.5) is 0 Å². The standard InChI is InChI=1S/C8H17N3O2S/c1-14-8(10)11-5-3-2-4-6(9)7(12)13/h6H,2-5,9H2,1H3,(H2,10,11)(H,12,13). The predicted molar refractivity (Wildman–Crippen MR) is 59.5 cm³/mol. The summed E-state index contributed by atoms with van der Waals surface area (Å²) in [5.74, 6) is -0.947. The maximum absolute atomic E-state index is 10.3. The van der Waals surface area contributed by atoms with Crippen LogP contribution in [0.2, 0.25) is 0 Å². The number of carboxylic acid groups (broad SMARTS) is 1. The van der Waals surface area contributed by atoms with Crippen LogP contribution in [0.25, 0.3) is 0 Å². The van der Waals surface area contributed by atoms with E-state index in [9.17, 15) is 4.79 Å². The van der Waals surface area contributed by atoms with Crippen LogP contribution in [-0.2, 0) is 4.79 Å². The number of carbonyl (C=O) groups is 1. The van der Waals surface area contributed by atoms with Crippen molar-refractivity contribution in [1.82, 2.24) is 0 Å². The summed E-state index contributed by atoms with van der Waals surface area (Å²) in [4.78, 5) is 14.4. The Hall–Kier alpha value is -0.750. The molecule has 6 heteroatoms. The van der Waals surface area contributed by atoms with Crippen LogP contribution in [0.3, 0.4) is 0 Å². The van der Waals surface area contributed by atoms with Crippen LogP contribution >= 0.6 is 11.8 Å². The van der Waals surface area contributed by atoms with Gasteiger partial charge in [-0.25, -0.2) is 0 Å². The molecule has 0 heterocycles. The summed E-state index contributed by atoms with van der Waals surface area (Å²) in [6.45, 7) is 0.638. The van der Waals surface area contributed by atoms with E-state index >= 15 is 0 Å². The van der Waals surface area contributed by atoms with E-state index < -0.39 is 12.0 Å². The summed E-state index contributed by atoms with van der Waals surface area (Å²) in [6.07, 6.45) is 3.93. The van der Waals surface area contributed by atoms with Crippen LogP contribution < -0.4 is 11.5 Å². The Balaban J connectivity index is 3.43. The average molecular weight is 219 g/mol. The van der Waals surface area contributed by atoms with Crippen LogP contribution in [-0.4, -0.2) is 35.1 Å². The van der Waals surface area contributed by atoms with Crippen molar-refractivity contribution in [3.8, 4) is 0 Å². The third-order valence-corrected chi connectivity index (χ3v) is 2.26. The smallest absolute Gasteiger partial charge is 0.320 e. The molecule has 5 nitrogen and oxygen atoms in total. The highest BCUT2D eigenvalue weighted by Gasteiger charge is 2.09. The largest absolute Gasteiger partial charge is 0.480 e. The number of nitrogens with zero attached hydrogens (tertiary/aromatic N) is 1. The summed E-state index contributed by atoms with van der Waals surface area (Å²) in [7, 11) is 0. The van der Waals surface area contributed by atoms with Gasteiger partial charge in [0.25, 0.3) is 0 Å². The highest BCUT2D eigenvalue weighted by molar-refractivity contribution is 8.13. The zero-order valence-electron chi connectivity index (χ0n) is 8.27. The third-order valence-electron chi connectivity index (χ3n) is 1.72. The van der Waals surface area contributed by atoms with Gasteiger partial charge in [-0.3, -0.25) is 9.79 Å². The van der Waals surface area contributed by atoms with Crippen molar-refractivity contribution in [2.75, 3.05) is 12.8 Å². The number of hydrogen-bond acceptors (Lipinski definition) is 4. The summed E-state index contributed by atoms with van der Waals surface area (Å²) in [5, 5.41) is 9.05. The number of thioether (sulfide) groups is 1. The number of rotatable bonds is 6. The molecule has 1 atom stereocenters. The molecule has 0 amide bonds. The summed E-state index contributed by atoms with van der Waals surface area (Å²) in [5.41, 5.74) is 10.8. The lowest BCUT2D eigenvalue weighted by atomic mass is 10.1. The lowest BCUT2D eigenvalue weighted by Crippen LogP contribution is -2.29. The van der Waals surface area contributed by atoms with Crippen molar-refractivity contribution < 1.29 is 9.90 Å². The fourth-order valence-corrected chi connectivity index (χ4v) is 1.07. The molecule has 0 aromatic carbocycles. The highest BCUT2D eigenvalue weighted by Crippen LogP contribution is 2.00. The Morgan fingerprint density at radius 2 is 2.21 bits per heavy atom. The second-order valence-electron chi connectivity index (χ2n) is 2.86. The lowest BCUT2D eigenvalue weighted by Gasteiger charge is -2.04. The molecule has 0 radical (unpaired) electrons. The molecule has 0 aromatic rings. The fourth-order valence-electron chi connectivity index (χ4n) is 0.853. The monoisotopic (exact) mass is 219 g/mol.